The van der Waals surface area contributed by atoms with Crippen LogP contribution in [-0.4, -0.2) is 54.1 Å². The summed E-state index contributed by atoms with van der Waals surface area (Å²) in [6, 6.07) is 7.72. The van der Waals surface area contributed by atoms with Crippen molar-refractivity contribution in [3.63, 3.8) is 0 Å². The highest BCUT2D eigenvalue weighted by Crippen LogP contribution is 2.33. The second-order valence-corrected chi connectivity index (χ2v) is 7.94. The zero-order valence-corrected chi connectivity index (χ0v) is 18.0. The van der Waals surface area contributed by atoms with E-state index < -0.39 is 6.04 Å². The average Bonchev–Trinajstić information content (AvgIpc) is 2.69. The third-order valence-electron chi connectivity index (χ3n) is 5.92. The number of carbonyl (C=O) groups excluding carboxylic acids is 2. The lowest BCUT2D eigenvalue weighted by atomic mass is 9.92. The van der Waals surface area contributed by atoms with Crippen LogP contribution in [0.5, 0.6) is 0 Å². The van der Waals surface area contributed by atoms with Gasteiger partial charge in [-0.25, -0.2) is 9.59 Å². The summed E-state index contributed by atoms with van der Waals surface area (Å²) >= 11 is 0. The fourth-order valence-corrected chi connectivity index (χ4v) is 4.34. The van der Waals surface area contributed by atoms with E-state index in [2.05, 4.69) is 17.1 Å². The highest BCUT2D eigenvalue weighted by Gasteiger charge is 2.38. The fraction of sp³-hybridized carbons (Fsp3) is 0.565. The zero-order valence-electron chi connectivity index (χ0n) is 18.0. The molecule has 2 atom stereocenters. The van der Waals surface area contributed by atoms with Crippen molar-refractivity contribution in [2.24, 2.45) is 0 Å². The molecule has 6 heteroatoms. The molecule has 2 amide bonds. The number of ether oxygens (including phenoxy) is 1. The normalized spacial score (nSPS) is 23.2. The van der Waals surface area contributed by atoms with E-state index in [1.807, 2.05) is 45.0 Å². The van der Waals surface area contributed by atoms with E-state index in [-0.39, 0.29) is 12.0 Å². The van der Waals surface area contributed by atoms with Gasteiger partial charge in [0.1, 0.15) is 0 Å². The van der Waals surface area contributed by atoms with Gasteiger partial charge in [0.05, 0.1) is 18.2 Å². The molecular formula is C23H33N3O3. The number of benzene rings is 1. The summed E-state index contributed by atoms with van der Waals surface area (Å²) in [7, 11) is 0. The predicted molar refractivity (Wildman–Crippen MR) is 113 cm³/mol. The Bertz CT molecular complexity index is 789. The standard InChI is InChI=1S/C23H33N3O3/c1-5-26-19(15-25-13-8-7-11-17(25)4)20(22(27)29-6-2)21(24-23(26)28)18-12-9-10-16(3)14-18/h9-10,12,14,17,21H,5-8,11,13,15H2,1-4H3,(H,24,28)/t17-,21-/m1/s1. The molecule has 1 fully saturated rings. The second-order valence-electron chi connectivity index (χ2n) is 7.94. The minimum absolute atomic E-state index is 0.160. The molecule has 2 aliphatic heterocycles. The molecule has 0 saturated carbocycles. The van der Waals surface area contributed by atoms with E-state index in [9.17, 15) is 9.59 Å². The first-order valence-electron chi connectivity index (χ1n) is 10.7. The van der Waals surface area contributed by atoms with Gasteiger partial charge in [-0.3, -0.25) is 9.80 Å². The topological polar surface area (TPSA) is 61.9 Å². The third-order valence-corrected chi connectivity index (χ3v) is 5.92. The molecule has 0 spiro atoms. The molecular weight excluding hydrogens is 366 g/mol. The summed E-state index contributed by atoms with van der Waals surface area (Å²) < 4.78 is 5.44. The first-order valence-corrected chi connectivity index (χ1v) is 10.7. The van der Waals surface area contributed by atoms with Crippen LogP contribution in [0.2, 0.25) is 0 Å². The number of rotatable bonds is 6. The van der Waals surface area contributed by atoms with Gasteiger partial charge in [-0.1, -0.05) is 36.2 Å². The maximum atomic E-state index is 13.1. The molecule has 0 aliphatic carbocycles. The van der Waals surface area contributed by atoms with Crippen LogP contribution in [0, 0.1) is 6.92 Å². The van der Waals surface area contributed by atoms with Crippen LogP contribution in [0.4, 0.5) is 4.79 Å². The van der Waals surface area contributed by atoms with Gasteiger partial charge in [0, 0.05) is 24.8 Å². The summed E-state index contributed by atoms with van der Waals surface area (Å²) in [6.45, 7) is 10.4. The van der Waals surface area contributed by atoms with E-state index >= 15 is 0 Å². The van der Waals surface area contributed by atoms with E-state index in [1.54, 1.807) is 4.90 Å². The molecule has 0 radical (unpaired) electrons. The molecule has 1 N–H and O–H groups in total. The van der Waals surface area contributed by atoms with Gasteiger partial charge in [0.25, 0.3) is 0 Å². The van der Waals surface area contributed by atoms with Crippen LogP contribution in [-0.2, 0) is 9.53 Å². The molecule has 2 aliphatic rings. The van der Waals surface area contributed by atoms with Crippen molar-refractivity contribution >= 4 is 12.0 Å². The van der Waals surface area contributed by atoms with Crippen LogP contribution in [0.3, 0.4) is 0 Å². The quantitative estimate of drug-likeness (QED) is 0.740. The Balaban J connectivity index is 2.10. The molecule has 0 aromatic heterocycles. The molecule has 2 heterocycles. The lowest BCUT2D eigenvalue weighted by Crippen LogP contribution is -2.52. The van der Waals surface area contributed by atoms with Crippen molar-refractivity contribution in [1.29, 1.82) is 0 Å². The van der Waals surface area contributed by atoms with Crippen molar-refractivity contribution < 1.29 is 14.3 Å². The van der Waals surface area contributed by atoms with E-state index in [0.717, 1.165) is 36.2 Å². The van der Waals surface area contributed by atoms with Crippen molar-refractivity contribution in [3.8, 4) is 0 Å². The number of likely N-dealkylation sites (tertiary alicyclic amines) is 1. The van der Waals surface area contributed by atoms with Gasteiger partial charge in [-0.05, 0) is 52.6 Å². The Morgan fingerprint density at radius 1 is 1.28 bits per heavy atom. The highest BCUT2D eigenvalue weighted by atomic mass is 16.5. The lowest BCUT2D eigenvalue weighted by Gasteiger charge is -2.40. The summed E-state index contributed by atoms with van der Waals surface area (Å²) in [6.07, 6.45) is 3.51. The molecule has 1 saturated heterocycles. The number of hydrogen-bond donors (Lipinski definition) is 1. The minimum Gasteiger partial charge on any atom is -0.463 e. The van der Waals surface area contributed by atoms with E-state index in [4.69, 9.17) is 4.74 Å². The lowest BCUT2D eigenvalue weighted by molar-refractivity contribution is -0.139. The van der Waals surface area contributed by atoms with Gasteiger partial charge >= 0.3 is 12.0 Å². The number of hydrogen-bond acceptors (Lipinski definition) is 4. The van der Waals surface area contributed by atoms with E-state index in [0.29, 0.717) is 31.3 Å². The number of nitrogens with zero attached hydrogens (tertiary/aromatic N) is 2. The van der Waals surface area contributed by atoms with E-state index in [1.165, 1.54) is 6.42 Å². The molecule has 3 rings (SSSR count). The Labute approximate surface area is 173 Å². The zero-order chi connectivity index (χ0) is 21.0. The maximum Gasteiger partial charge on any atom is 0.338 e. The third kappa shape index (κ3) is 4.64. The highest BCUT2D eigenvalue weighted by molar-refractivity contribution is 5.95. The smallest absolute Gasteiger partial charge is 0.338 e. The second kappa shape index (κ2) is 9.44. The average molecular weight is 400 g/mol. The first-order chi connectivity index (χ1) is 14.0. The van der Waals surface area contributed by atoms with Crippen molar-refractivity contribution in [2.45, 2.75) is 59.0 Å². The molecule has 6 nitrogen and oxygen atoms in total. The predicted octanol–water partition coefficient (Wildman–Crippen LogP) is 3.77. The van der Waals surface area contributed by atoms with Crippen molar-refractivity contribution in [2.75, 3.05) is 26.2 Å². The Morgan fingerprint density at radius 3 is 2.72 bits per heavy atom. The molecule has 0 bridgehead atoms. The van der Waals surface area contributed by atoms with Crippen LogP contribution >= 0.6 is 0 Å². The maximum absolute atomic E-state index is 13.1. The van der Waals surface area contributed by atoms with Crippen molar-refractivity contribution in [3.05, 3.63) is 46.7 Å². The van der Waals surface area contributed by atoms with Gasteiger partial charge in [-0.15, -0.1) is 0 Å². The summed E-state index contributed by atoms with van der Waals surface area (Å²) in [5.41, 5.74) is 3.32. The van der Waals surface area contributed by atoms with Gasteiger partial charge in [-0.2, -0.15) is 0 Å². The SMILES string of the molecule is CCOC(=O)C1=C(CN2CCCC[C@H]2C)N(CC)C(=O)N[C@@H]1c1cccc(C)c1. The number of amides is 2. The number of nitrogens with one attached hydrogen (secondary N) is 1. The number of likely N-dealkylation sites (N-methyl/N-ethyl adjacent to an activating group) is 1. The number of esters is 1. The Hall–Kier alpha value is -2.34. The van der Waals surface area contributed by atoms with Gasteiger partial charge in [0.2, 0.25) is 0 Å². The number of carbonyl (C=O) groups is 2. The first kappa shape index (κ1) is 21.4. The summed E-state index contributed by atoms with van der Waals surface area (Å²) in [4.78, 5) is 30.1. The van der Waals surface area contributed by atoms with Gasteiger partial charge < -0.3 is 10.1 Å². The fourth-order valence-electron chi connectivity index (χ4n) is 4.34. The summed E-state index contributed by atoms with van der Waals surface area (Å²) in [5.74, 6) is -0.350. The van der Waals surface area contributed by atoms with Crippen LogP contribution in [0.25, 0.3) is 0 Å². The number of urea groups is 1. The molecule has 1 aromatic carbocycles. The monoisotopic (exact) mass is 399 g/mol. The number of piperidine rings is 1. The minimum atomic E-state index is -0.501. The molecule has 29 heavy (non-hydrogen) atoms. The van der Waals surface area contributed by atoms with Crippen molar-refractivity contribution in [1.82, 2.24) is 15.1 Å². The van der Waals surface area contributed by atoms with Gasteiger partial charge in [0.15, 0.2) is 0 Å². The molecule has 0 unspecified atom stereocenters. The van der Waals surface area contributed by atoms with Crippen LogP contribution < -0.4 is 5.32 Å². The summed E-state index contributed by atoms with van der Waals surface area (Å²) in [5, 5.41) is 3.04. The molecule has 1 aromatic rings. The van der Waals surface area contributed by atoms with Crippen LogP contribution in [0.15, 0.2) is 35.5 Å². The largest absolute Gasteiger partial charge is 0.463 e. The Morgan fingerprint density at radius 2 is 2.07 bits per heavy atom. The number of aryl methyl sites for hydroxylation is 1. The molecule has 158 valence electrons. The Kier molecular flexibility index (Phi) is 6.96. The van der Waals surface area contributed by atoms with Crippen LogP contribution in [0.1, 0.15) is 57.2 Å².